The maximum atomic E-state index is 12.0. The van der Waals surface area contributed by atoms with Gasteiger partial charge < -0.3 is 10.2 Å². The molecular formula is C20H27ClN4O. The maximum absolute atomic E-state index is 12.0. The summed E-state index contributed by atoms with van der Waals surface area (Å²) in [6, 6.07) is 7.76. The van der Waals surface area contributed by atoms with Crippen molar-refractivity contribution in [1.29, 1.82) is 0 Å². The second-order valence-electron chi connectivity index (χ2n) is 6.61. The molecule has 0 radical (unpaired) electrons. The molecule has 0 spiro atoms. The molecule has 0 aliphatic heterocycles. The molecule has 0 saturated carbocycles. The van der Waals surface area contributed by atoms with E-state index in [1.807, 2.05) is 63.0 Å². The molecule has 1 heterocycles. The summed E-state index contributed by atoms with van der Waals surface area (Å²) in [4.78, 5) is 14.1. The van der Waals surface area contributed by atoms with E-state index in [0.717, 1.165) is 40.5 Å². The maximum Gasteiger partial charge on any atom is 0.244 e. The summed E-state index contributed by atoms with van der Waals surface area (Å²) in [7, 11) is 4.04. The summed E-state index contributed by atoms with van der Waals surface area (Å²) in [6.07, 6.45) is 4.34. The van der Waals surface area contributed by atoms with E-state index >= 15 is 0 Å². The third-order valence-electron chi connectivity index (χ3n) is 4.20. The average Bonchev–Trinajstić information content (AvgIpc) is 2.85. The standard InChI is InChI=1S/C20H27ClN4O/c1-15-18(10-11-20(26)22-12-7-13-24(3)4)16(2)25(23-15)14-17-8-5-6-9-19(17)21/h5-6,8-11H,7,12-14H2,1-4H3,(H,22,26). The smallest absolute Gasteiger partial charge is 0.244 e. The minimum Gasteiger partial charge on any atom is -0.353 e. The number of nitrogens with zero attached hydrogens (tertiary/aromatic N) is 3. The molecule has 5 nitrogen and oxygen atoms in total. The molecule has 0 atom stereocenters. The molecule has 140 valence electrons. The highest BCUT2D eigenvalue weighted by Crippen LogP contribution is 2.20. The van der Waals surface area contributed by atoms with Crippen LogP contribution in [-0.2, 0) is 11.3 Å². The van der Waals surface area contributed by atoms with Crippen LogP contribution in [0.5, 0.6) is 0 Å². The molecule has 1 aromatic carbocycles. The van der Waals surface area contributed by atoms with Gasteiger partial charge in [0.05, 0.1) is 12.2 Å². The summed E-state index contributed by atoms with van der Waals surface area (Å²) < 4.78 is 1.92. The van der Waals surface area contributed by atoms with E-state index in [9.17, 15) is 4.79 Å². The summed E-state index contributed by atoms with van der Waals surface area (Å²) in [5, 5.41) is 8.22. The number of hydrogen-bond acceptors (Lipinski definition) is 3. The van der Waals surface area contributed by atoms with Crippen LogP contribution in [0.4, 0.5) is 0 Å². The van der Waals surface area contributed by atoms with Crippen LogP contribution in [0.1, 0.15) is 28.9 Å². The lowest BCUT2D eigenvalue weighted by Crippen LogP contribution is -2.25. The van der Waals surface area contributed by atoms with Gasteiger partial charge in [-0.2, -0.15) is 5.10 Å². The molecular weight excluding hydrogens is 348 g/mol. The fourth-order valence-electron chi connectivity index (χ4n) is 2.72. The van der Waals surface area contributed by atoms with E-state index in [4.69, 9.17) is 11.6 Å². The summed E-state index contributed by atoms with van der Waals surface area (Å²) in [5.74, 6) is -0.0820. The van der Waals surface area contributed by atoms with Crippen LogP contribution < -0.4 is 5.32 Å². The molecule has 26 heavy (non-hydrogen) atoms. The Morgan fingerprint density at radius 3 is 2.73 bits per heavy atom. The first-order valence-electron chi connectivity index (χ1n) is 8.76. The number of halogens is 1. The Morgan fingerprint density at radius 2 is 2.04 bits per heavy atom. The SMILES string of the molecule is Cc1nn(Cc2ccccc2Cl)c(C)c1C=CC(=O)NCCCN(C)C. The quantitative estimate of drug-likeness (QED) is 0.569. The zero-order chi connectivity index (χ0) is 19.1. The predicted octanol–water partition coefficient (Wildman–Crippen LogP) is 3.28. The zero-order valence-corrected chi connectivity index (χ0v) is 16.7. The van der Waals surface area contributed by atoms with Crippen molar-refractivity contribution in [3.8, 4) is 0 Å². The molecule has 0 fully saturated rings. The molecule has 0 aliphatic carbocycles. The number of aromatic nitrogens is 2. The lowest BCUT2D eigenvalue weighted by molar-refractivity contribution is -0.116. The summed E-state index contributed by atoms with van der Waals surface area (Å²) >= 11 is 6.24. The largest absolute Gasteiger partial charge is 0.353 e. The van der Waals surface area contributed by atoms with Crippen molar-refractivity contribution in [3.63, 3.8) is 0 Å². The van der Waals surface area contributed by atoms with Gasteiger partial charge in [-0.05, 0) is 58.6 Å². The molecule has 2 rings (SSSR count). The Bertz CT molecular complexity index is 780. The highest BCUT2D eigenvalue weighted by molar-refractivity contribution is 6.31. The van der Waals surface area contributed by atoms with Crippen molar-refractivity contribution in [2.24, 2.45) is 0 Å². The molecule has 6 heteroatoms. The number of hydrogen-bond donors (Lipinski definition) is 1. The number of carbonyl (C=O) groups is 1. The second kappa shape index (κ2) is 9.55. The van der Waals surface area contributed by atoms with Gasteiger partial charge in [0, 0.05) is 28.9 Å². The van der Waals surface area contributed by atoms with Crippen LogP contribution >= 0.6 is 11.6 Å². The highest BCUT2D eigenvalue weighted by Gasteiger charge is 2.11. The van der Waals surface area contributed by atoms with Crippen LogP contribution in [-0.4, -0.2) is 47.8 Å². The summed E-state index contributed by atoms with van der Waals surface area (Å²) in [5.41, 5.74) is 3.90. The predicted molar refractivity (Wildman–Crippen MR) is 107 cm³/mol. The van der Waals surface area contributed by atoms with Gasteiger partial charge in [0.15, 0.2) is 0 Å². The van der Waals surface area contributed by atoms with Crippen LogP contribution in [0.2, 0.25) is 5.02 Å². The number of rotatable bonds is 8. The van der Waals surface area contributed by atoms with E-state index in [1.165, 1.54) is 0 Å². The van der Waals surface area contributed by atoms with Gasteiger partial charge in [0.2, 0.25) is 5.91 Å². The van der Waals surface area contributed by atoms with E-state index in [0.29, 0.717) is 13.1 Å². The van der Waals surface area contributed by atoms with Crippen molar-refractivity contribution < 1.29 is 4.79 Å². The topological polar surface area (TPSA) is 50.2 Å². The van der Waals surface area contributed by atoms with Gasteiger partial charge in [-0.1, -0.05) is 29.8 Å². The van der Waals surface area contributed by atoms with E-state index in [2.05, 4.69) is 15.3 Å². The monoisotopic (exact) mass is 374 g/mol. The minimum atomic E-state index is -0.0820. The Labute approximate surface area is 160 Å². The zero-order valence-electron chi connectivity index (χ0n) is 15.9. The molecule has 0 aliphatic rings. The first kappa shape index (κ1) is 20.2. The second-order valence-corrected chi connectivity index (χ2v) is 7.02. The normalized spacial score (nSPS) is 11.5. The average molecular weight is 375 g/mol. The molecule has 0 unspecified atom stereocenters. The fourth-order valence-corrected chi connectivity index (χ4v) is 2.91. The Morgan fingerprint density at radius 1 is 1.31 bits per heavy atom. The van der Waals surface area contributed by atoms with Gasteiger partial charge in [-0.25, -0.2) is 0 Å². The molecule has 1 N–H and O–H groups in total. The van der Waals surface area contributed by atoms with Crippen molar-refractivity contribution in [3.05, 3.63) is 57.9 Å². The Balaban J connectivity index is 2.01. The number of carbonyl (C=O) groups excluding carboxylic acids is 1. The third kappa shape index (κ3) is 5.71. The van der Waals surface area contributed by atoms with Crippen LogP contribution in [0.3, 0.4) is 0 Å². The number of amides is 1. The van der Waals surface area contributed by atoms with Crippen molar-refractivity contribution in [2.45, 2.75) is 26.8 Å². The highest BCUT2D eigenvalue weighted by atomic mass is 35.5. The first-order valence-corrected chi connectivity index (χ1v) is 9.14. The Kier molecular flexibility index (Phi) is 7.42. The van der Waals surface area contributed by atoms with Gasteiger partial charge in [0.1, 0.15) is 0 Å². The summed E-state index contributed by atoms with van der Waals surface area (Å²) in [6.45, 7) is 6.19. The minimum absolute atomic E-state index is 0.0820. The molecule has 0 saturated heterocycles. The first-order chi connectivity index (χ1) is 12.4. The molecule has 1 aromatic heterocycles. The van der Waals surface area contributed by atoms with E-state index in [-0.39, 0.29) is 5.91 Å². The Hall–Kier alpha value is -2.11. The van der Waals surface area contributed by atoms with Gasteiger partial charge in [-0.15, -0.1) is 0 Å². The van der Waals surface area contributed by atoms with Crippen molar-refractivity contribution in [2.75, 3.05) is 27.2 Å². The molecule has 2 aromatic rings. The van der Waals surface area contributed by atoms with Crippen molar-refractivity contribution >= 4 is 23.6 Å². The molecule has 0 bridgehead atoms. The lowest BCUT2D eigenvalue weighted by atomic mass is 10.1. The van der Waals surface area contributed by atoms with Crippen LogP contribution in [0.15, 0.2) is 30.3 Å². The fraction of sp³-hybridized carbons (Fsp3) is 0.400. The van der Waals surface area contributed by atoms with Crippen molar-refractivity contribution in [1.82, 2.24) is 20.0 Å². The van der Waals surface area contributed by atoms with E-state index in [1.54, 1.807) is 6.08 Å². The number of nitrogens with one attached hydrogen (secondary N) is 1. The lowest BCUT2D eigenvalue weighted by Gasteiger charge is -2.08. The third-order valence-corrected chi connectivity index (χ3v) is 4.57. The van der Waals surface area contributed by atoms with Crippen LogP contribution in [0, 0.1) is 13.8 Å². The van der Waals surface area contributed by atoms with E-state index < -0.39 is 0 Å². The van der Waals surface area contributed by atoms with Gasteiger partial charge in [-0.3, -0.25) is 9.48 Å². The van der Waals surface area contributed by atoms with Crippen LogP contribution in [0.25, 0.3) is 6.08 Å². The number of benzene rings is 1. The van der Waals surface area contributed by atoms with Gasteiger partial charge >= 0.3 is 0 Å². The molecule has 1 amide bonds. The number of aryl methyl sites for hydroxylation is 1. The van der Waals surface area contributed by atoms with Gasteiger partial charge in [0.25, 0.3) is 0 Å².